The Bertz CT molecular complexity index is 2650. The second-order valence-electron chi connectivity index (χ2n) is 18.7. The molecule has 15 heteroatoms. The van der Waals surface area contributed by atoms with Gasteiger partial charge in [0.2, 0.25) is 23.6 Å². The van der Waals surface area contributed by atoms with Gasteiger partial charge in [0.1, 0.15) is 17.3 Å². The molecule has 3 aromatic carbocycles. The number of imidazole rings is 1. The maximum Gasteiger partial charge on any atom is 0.329 e. The SMILES string of the molecule is Cn1c(=O)n(C2CCC(=O)NC2=O)c2ccc(C3=CCN(CC4CCC(NC(=O)[C@@H]5NC6(CCCCC6)[C@@]6(C(=O)Nc7cc(Cl)ccc76)[C@H]5c5cccc(Cl)c5F)CC4)CC3)cc21. The normalized spacial score (nSPS) is 28.3. The second kappa shape index (κ2) is 16.3. The van der Waals surface area contributed by atoms with Crippen LogP contribution in [0.4, 0.5) is 10.1 Å². The zero-order valence-corrected chi connectivity index (χ0v) is 36.8. The van der Waals surface area contributed by atoms with E-state index in [4.69, 9.17) is 23.2 Å². The van der Waals surface area contributed by atoms with E-state index >= 15 is 4.39 Å². The number of benzene rings is 3. The molecule has 2 aliphatic carbocycles. The molecule has 6 aliphatic rings. The number of imide groups is 1. The summed E-state index contributed by atoms with van der Waals surface area (Å²) in [6, 6.07) is 14.6. The molecular weight excluding hydrogens is 844 g/mol. The van der Waals surface area contributed by atoms with Gasteiger partial charge in [0.15, 0.2) is 0 Å². The quantitative estimate of drug-likeness (QED) is 0.148. The lowest BCUT2D eigenvalue weighted by Gasteiger charge is -2.47. The number of piperidine rings is 1. The summed E-state index contributed by atoms with van der Waals surface area (Å²) in [5, 5.41) is 13.0. The van der Waals surface area contributed by atoms with Crippen molar-refractivity contribution in [1.29, 1.82) is 0 Å². The molecule has 2 spiro atoms. The standard InChI is InChI=1S/C48H52Cl2FN7O5/c1-56-38-24-29(10-15-36(38)58(46(56)63)37-16-17-39(59)54-43(37)60)28-18-22-57(23-19-28)26-27-8-12-31(13-9-27)52-44(61)42-40(32-6-5-7-34(50)41(32)51)48(47(55-42)20-3-2-4-21-47)33-14-11-30(49)25-35(33)53-45(48)62/h5-7,10-11,14-15,18,24-25,27,31,37,40,42,55H,2-4,8-9,12-13,16-17,19-23,26H2,1H3,(H,52,61)(H,53,62)(H,54,59,60)/t27?,31?,37?,40-,42+,48+/m0/s1. The maximum atomic E-state index is 16.3. The summed E-state index contributed by atoms with van der Waals surface area (Å²) in [6.45, 7) is 2.66. The lowest BCUT2D eigenvalue weighted by atomic mass is 9.55. The number of hydrogen-bond donors (Lipinski definition) is 4. The highest BCUT2D eigenvalue weighted by Crippen LogP contribution is 2.63. The van der Waals surface area contributed by atoms with Gasteiger partial charge in [-0.2, -0.15) is 0 Å². The molecule has 4 aliphatic heterocycles. The highest BCUT2D eigenvalue weighted by atomic mass is 35.5. The Morgan fingerprint density at radius 1 is 0.905 bits per heavy atom. The van der Waals surface area contributed by atoms with Crippen molar-refractivity contribution in [3.05, 3.63) is 104 Å². The van der Waals surface area contributed by atoms with Crippen LogP contribution < -0.4 is 27.0 Å². The third kappa shape index (κ3) is 6.96. The summed E-state index contributed by atoms with van der Waals surface area (Å²) < 4.78 is 19.4. The average Bonchev–Trinajstić information content (AvgIpc) is 3.83. The topological polar surface area (TPSA) is 147 Å². The first-order valence-corrected chi connectivity index (χ1v) is 23.2. The number of nitrogens with one attached hydrogen (secondary N) is 4. The smallest absolute Gasteiger partial charge is 0.329 e. The first kappa shape index (κ1) is 42.1. The fraction of sp³-hybridized carbons (Fsp3) is 0.479. The Morgan fingerprint density at radius 2 is 1.70 bits per heavy atom. The Hall–Kier alpha value is -4.82. The van der Waals surface area contributed by atoms with Crippen LogP contribution in [0.3, 0.4) is 0 Å². The predicted molar refractivity (Wildman–Crippen MR) is 240 cm³/mol. The van der Waals surface area contributed by atoms with E-state index in [-0.39, 0.29) is 46.5 Å². The van der Waals surface area contributed by atoms with Crippen LogP contribution in [0.25, 0.3) is 16.6 Å². The molecule has 0 bridgehead atoms. The molecule has 330 valence electrons. The molecule has 4 fully saturated rings. The Kier molecular flexibility index (Phi) is 10.9. The first-order chi connectivity index (χ1) is 30.4. The van der Waals surface area contributed by atoms with E-state index in [2.05, 4.69) is 32.2 Å². The molecule has 63 heavy (non-hydrogen) atoms. The van der Waals surface area contributed by atoms with Gasteiger partial charge in [0.05, 0.1) is 22.1 Å². The molecule has 5 heterocycles. The van der Waals surface area contributed by atoms with Gasteiger partial charge >= 0.3 is 5.69 Å². The fourth-order valence-corrected chi connectivity index (χ4v) is 12.6. The molecule has 1 unspecified atom stereocenters. The van der Waals surface area contributed by atoms with Crippen LogP contribution in [0.5, 0.6) is 0 Å². The van der Waals surface area contributed by atoms with E-state index in [1.54, 1.807) is 35.9 Å². The molecule has 1 aromatic heterocycles. The summed E-state index contributed by atoms with van der Waals surface area (Å²) >= 11 is 12.9. The number of fused-ring (bicyclic) bond motifs is 4. The monoisotopic (exact) mass is 895 g/mol. The van der Waals surface area contributed by atoms with E-state index in [0.29, 0.717) is 41.4 Å². The van der Waals surface area contributed by atoms with E-state index in [1.165, 1.54) is 16.2 Å². The van der Waals surface area contributed by atoms with Gasteiger partial charge in [-0.1, -0.05) is 72.8 Å². The number of aromatic nitrogens is 2. The van der Waals surface area contributed by atoms with Gasteiger partial charge in [-0.15, -0.1) is 0 Å². The summed E-state index contributed by atoms with van der Waals surface area (Å²) in [7, 11) is 1.71. The second-order valence-corrected chi connectivity index (χ2v) is 19.5. The van der Waals surface area contributed by atoms with Gasteiger partial charge in [-0.05, 0) is 110 Å². The third-order valence-electron chi connectivity index (χ3n) is 15.3. The van der Waals surface area contributed by atoms with E-state index < -0.39 is 40.7 Å². The van der Waals surface area contributed by atoms with Crippen LogP contribution in [0.15, 0.2) is 65.5 Å². The highest BCUT2D eigenvalue weighted by molar-refractivity contribution is 6.31. The Labute approximate surface area is 374 Å². The van der Waals surface area contributed by atoms with Crippen molar-refractivity contribution in [2.24, 2.45) is 13.0 Å². The van der Waals surface area contributed by atoms with Crippen molar-refractivity contribution in [1.82, 2.24) is 30.0 Å². The van der Waals surface area contributed by atoms with Crippen molar-refractivity contribution in [3.63, 3.8) is 0 Å². The van der Waals surface area contributed by atoms with Crippen molar-refractivity contribution in [2.75, 3.05) is 25.0 Å². The van der Waals surface area contributed by atoms with Gasteiger partial charge in [-0.3, -0.25) is 43.8 Å². The number of amides is 4. The van der Waals surface area contributed by atoms with Gasteiger partial charge in [-0.25, -0.2) is 9.18 Å². The maximum absolute atomic E-state index is 16.3. The molecule has 12 nitrogen and oxygen atoms in total. The third-order valence-corrected chi connectivity index (χ3v) is 15.8. The zero-order chi connectivity index (χ0) is 43.8. The first-order valence-electron chi connectivity index (χ1n) is 22.5. The van der Waals surface area contributed by atoms with Crippen molar-refractivity contribution in [3.8, 4) is 0 Å². The Balaban J connectivity index is 0.818. The molecule has 4 N–H and O–H groups in total. The molecular formula is C48H52Cl2FN7O5. The van der Waals surface area contributed by atoms with Gasteiger partial charge in [0.25, 0.3) is 0 Å². The van der Waals surface area contributed by atoms with Gasteiger partial charge in [0, 0.05) is 61.3 Å². The highest BCUT2D eigenvalue weighted by Gasteiger charge is 2.72. The number of carbonyl (C=O) groups excluding carboxylic acids is 4. The zero-order valence-electron chi connectivity index (χ0n) is 35.3. The van der Waals surface area contributed by atoms with Crippen molar-refractivity contribution >= 4 is 69.1 Å². The minimum Gasteiger partial charge on any atom is -0.352 e. The van der Waals surface area contributed by atoms with Crippen LogP contribution in [-0.2, 0) is 31.6 Å². The molecule has 2 saturated carbocycles. The number of rotatable bonds is 7. The fourth-order valence-electron chi connectivity index (χ4n) is 12.3. The van der Waals surface area contributed by atoms with Crippen LogP contribution in [0.1, 0.15) is 106 Å². The van der Waals surface area contributed by atoms with Crippen LogP contribution >= 0.6 is 23.2 Å². The molecule has 4 atom stereocenters. The molecule has 4 amide bonds. The lowest BCUT2D eigenvalue weighted by molar-refractivity contribution is -0.136. The van der Waals surface area contributed by atoms with E-state index in [0.717, 1.165) is 87.6 Å². The number of hydrogen-bond acceptors (Lipinski definition) is 7. The van der Waals surface area contributed by atoms with Crippen molar-refractivity contribution in [2.45, 2.75) is 112 Å². The van der Waals surface area contributed by atoms with Crippen LogP contribution in [-0.4, -0.2) is 74.9 Å². The van der Waals surface area contributed by atoms with Gasteiger partial charge < -0.3 is 10.6 Å². The summed E-state index contributed by atoms with van der Waals surface area (Å²) in [5.41, 5.74) is 2.95. The molecule has 10 rings (SSSR count). The summed E-state index contributed by atoms with van der Waals surface area (Å²) in [5.74, 6) is -2.23. The van der Waals surface area contributed by atoms with E-state index in [1.807, 2.05) is 24.3 Å². The minimum atomic E-state index is -1.27. The largest absolute Gasteiger partial charge is 0.352 e. The number of nitrogens with zero attached hydrogens (tertiary/aromatic N) is 3. The lowest BCUT2D eigenvalue weighted by Crippen LogP contribution is -2.60. The number of anilines is 1. The van der Waals surface area contributed by atoms with Crippen LogP contribution in [0, 0.1) is 11.7 Å². The summed E-state index contributed by atoms with van der Waals surface area (Å²) in [6.07, 6.45) is 11.3. The number of halogens is 3. The Morgan fingerprint density at radius 3 is 2.44 bits per heavy atom. The average molecular weight is 897 g/mol. The molecule has 4 aromatic rings. The molecule has 0 radical (unpaired) electrons. The van der Waals surface area contributed by atoms with Crippen molar-refractivity contribution < 1.29 is 23.6 Å². The number of aryl methyl sites for hydroxylation is 1. The number of carbonyl (C=O) groups is 4. The van der Waals surface area contributed by atoms with Crippen LogP contribution in [0.2, 0.25) is 10.0 Å². The minimum absolute atomic E-state index is 0.0475. The predicted octanol–water partition coefficient (Wildman–Crippen LogP) is 6.88. The van der Waals surface area contributed by atoms with E-state index in [9.17, 15) is 24.0 Å². The summed E-state index contributed by atoms with van der Waals surface area (Å²) in [4.78, 5) is 69.6. The molecule has 2 saturated heterocycles.